The molecule has 0 spiro atoms. The van der Waals surface area contributed by atoms with Gasteiger partial charge < -0.3 is 5.32 Å². The molecule has 1 amide bonds. The van der Waals surface area contributed by atoms with E-state index in [1.807, 2.05) is 29.8 Å². The number of nitrogens with one attached hydrogen (secondary N) is 1. The van der Waals surface area contributed by atoms with Crippen LogP contribution in [-0.2, 0) is 17.8 Å². The molecule has 0 aliphatic carbocycles. The van der Waals surface area contributed by atoms with E-state index in [4.69, 9.17) is 23.2 Å². The summed E-state index contributed by atoms with van der Waals surface area (Å²) in [7, 11) is 0. The number of rotatable bonds is 7. The molecule has 3 aromatic carbocycles. The van der Waals surface area contributed by atoms with Gasteiger partial charge in [-0.25, -0.2) is 4.98 Å². The van der Waals surface area contributed by atoms with Crippen LogP contribution in [0.4, 0.5) is 5.69 Å². The number of halogens is 2. The average Bonchev–Trinajstić information content (AvgIpc) is 3.50. The van der Waals surface area contributed by atoms with E-state index in [1.54, 1.807) is 29.5 Å². The van der Waals surface area contributed by atoms with Crippen molar-refractivity contribution >= 4 is 46.1 Å². The first-order valence-corrected chi connectivity index (χ1v) is 15.8. The van der Waals surface area contributed by atoms with E-state index < -0.39 is 0 Å². The Morgan fingerprint density at radius 2 is 1.81 bits per heavy atom. The van der Waals surface area contributed by atoms with E-state index in [9.17, 15) is 10.1 Å². The summed E-state index contributed by atoms with van der Waals surface area (Å²) in [6, 6.07) is 21.9. The van der Waals surface area contributed by atoms with Crippen LogP contribution in [-0.4, -0.2) is 46.9 Å². The number of carbonyl (C=O) groups excluding carboxylic acids is 1. The van der Waals surface area contributed by atoms with Gasteiger partial charge >= 0.3 is 0 Å². The quantitative estimate of drug-likeness (QED) is 0.234. The monoisotopic (exact) mass is 615 g/mol. The van der Waals surface area contributed by atoms with E-state index in [0.717, 1.165) is 61.6 Å². The third-order valence-electron chi connectivity index (χ3n) is 8.26. The maximum Gasteiger partial charge on any atom is 0.238 e. The Morgan fingerprint density at radius 3 is 2.55 bits per heavy atom. The van der Waals surface area contributed by atoms with Gasteiger partial charge in [0.15, 0.2) is 0 Å². The van der Waals surface area contributed by atoms with Gasteiger partial charge in [-0.3, -0.25) is 14.6 Å². The van der Waals surface area contributed by atoms with Crippen molar-refractivity contribution in [2.24, 2.45) is 5.92 Å². The van der Waals surface area contributed by atoms with E-state index in [2.05, 4.69) is 50.4 Å². The summed E-state index contributed by atoms with van der Waals surface area (Å²) in [5, 5.41) is 16.6. The van der Waals surface area contributed by atoms with Gasteiger partial charge in [-0.2, -0.15) is 5.26 Å². The van der Waals surface area contributed by atoms with Crippen LogP contribution in [0.5, 0.6) is 0 Å². The number of hydrogen-bond donors (Lipinski definition) is 1. The van der Waals surface area contributed by atoms with Crippen LogP contribution in [0.2, 0.25) is 10.0 Å². The Kier molecular flexibility index (Phi) is 8.89. The molecular formula is C33H31Cl2N5OS. The minimum atomic E-state index is -0.0760. The van der Waals surface area contributed by atoms with Gasteiger partial charge in [0.1, 0.15) is 5.01 Å². The summed E-state index contributed by atoms with van der Waals surface area (Å²) in [6.07, 6.45) is 4.85. The molecule has 1 atom stereocenters. The number of carbonyl (C=O) groups is 1. The molecule has 1 saturated heterocycles. The number of fused-ring (bicyclic) bond motifs is 1. The van der Waals surface area contributed by atoms with Crippen molar-refractivity contribution in [1.29, 1.82) is 5.26 Å². The lowest BCUT2D eigenvalue weighted by atomic mass is 9.79. The predicted octanol–water partition coefficient (Wildman–Crippen LogP) is 7.44. The first-order valence-electron chi connectivity index (χ1n) is 14.2. The van der Waals surface area contributed by atoms with Crippen LogP contribution in [0.25, 0.3) is 11.1 Å². The Bertz CT molecular complexity index is 1590. The second kappa shape index (κ2) is 12.9. The highest BCUT2D eigenvalue weighted by molar-refractivity contribution is 7.09. The standard InChI is InChI=1S/C33H31Cl2N5OS/c34-27-16-28(35)18-29(17-27)38-31(41)20-40-12-8-26-15-25(24-3-1-2-22(14-24)19-36)4-5-30(26)33(40)23-6-10-39(11-7-23)21-32-37-9-13-42-32/h1-5,9,13-18,23,33H,6-8,10-12,20-21H2,(H,38,41). The zero-order valence-electron chi connectivity index (χ0n) is 23.1. The molecule has 6 nitrogen and oxygen atoms in total. The number of nitrogens with zero attached hydrogens (tertiary/aromatic N) is 4. The molecule has 2 aliphatic heterocycles. The second-order valence-corrected chi connectivity index (χ2v) is 12.9. The molecule has 6 rings (SSSR count). The molecule has 1 unspecified atom stereocenters. The van der Waals surface area contributed by atoms with E-state index >= 15 is 0 Å². The van der Waals surface area contributed by atoms with E-state index in [-0.39, 0.29) is 11.9 Å². The fraction of sp³-hybridized carbons (Fsp3) is 0.303. The van der Waals surface area contributed by atoms with Gasteiger partial charge in [-0.15, -0.1) is 11.3 Å². The lowest BCUT2D eigenvalue weighted by Crippen LogP contribution is -2.46. The van der Waals surface area contributed by atoms with Crippen molar-refractivity contribution in [1.82, 2.24) is 14.8 Å². The maximum atomic E-state index is 13.3. The largest absolute Gasteiger partial charge is 0.325 e. The lowest BCUT2D eigenvalue weighted by Gasteiger charge is -2.44. The Morgan fingerprint density at radius 1 is 1.02 bits per heavy atom. The van der Waals surface area contributed by atoms with Gasteiger partial charge in [0.2, 0.25) is 5.91 Å². The Balaban J connectivity index is 1.24. The minimum Gasteiger partial charge on any atom is -0.325 e. The van der Waals surface area contributed by atoms with Crippen molar-refractivity contribution in [2.75, 3.05) is 31.5 Å². The average molecular weight is 617 g/mol. The first-order chi connectivity index (χ1) is 20.4. The van der Waals surface area contributed by atoms with Crippen molar-refractivity contribution in [3.05, 3.63) is 104 Å². The normalized spacial score (nSPS) is 17.9. The highest BCUT2D eigenvalue weighted by atomic mass is 35.5. The number of anilines is 1. The fourth-order valence-corrected chi connectivity index (χ4v) is 7.53. The summed E-state index contributed by atoms with van der Waals surface area (Å²) in [4.78, 5) is 22.6. The van der Waals surface area contributed by atoms with Crippen molar-refractivity contribution in [3.8, 4) is 17.2 Å². The number of nitriles is 1. The summed E-state index contributed by atoms with van der Waals surface area (Å²) >= 11 is 14.0. The topological polar surface area (TPSA) is 72.3 Å². The molecule has 9 heteroatoms. The van der Waals surface area contributed by atoms with E-state index in [0.29, 0.717) is 33.8 Å². The molecule has 0 radical (unpaired) electrons. The van der Waals surface area contributed by atoms with Crippen LogP contribution >= 0.6 is 34.5 Å². The van der Waals surface area contributed by atoms with Gasteiger partial charge in [-0.1, -0.05) is 53.5 Å². The molecule has 42 heavy (non-hydrogen) atoms. The summed E-state index contributed by atoms with van der Waals surface area (Å²) < 4.78 is 0. The summed E-state index contributed by atoms with van der Waals surface area (Å²) in [6.45, 7) is 4.00. The number of aromatic nitrogens is 1. The molecule has 0 saturated carbocycles. The van der Waals surface area contributed by atoms with Crippen LogP contribution in [0.1, 0.15) is 40.6 Å². The molecule has 214 valence electrons. The number of piperidine rings is 1. The van der Waals surface area contributed by atoms with Gasteiger partial charge in [0.05, 0.1) is 24.7 Å². The lowest BCUT2D eigenvalue weighted by molar-refractivity contribution is -0.118. The third-order valence-corrected chi connectivity index (χ3v) is 9.46. The van der Waals surface area contributed by atoms with Crippen LogP contribution in [0, 0.1) is 17.2 Å². The highest BCUT2D eigenvalue weighted by Crippen LogP contribution is 2.41. The Labute approximate surface area is 260 Å². The number of benzene rings is 3. The second-order valence-electron chi connectivity index (χ2n) is 11.0. The maximum absolute atomic E-state index is 13.3. The molecule has 3 heterocycles. The van der Waals surface area contributed by atoms with Crippen LogP contribution in [0.3, 0.4) is 0 Å². The zero-order chi connectivity index (χ0) is 29.1. The number of amides is 1. The molecule has 1 N–H and O–H groups in total. The zero-order valence-corrected chi connectivity index (χ0v) is 25.4. The van der Waals surface area contributed by atoms with E-state index in [1.165, 1.54) is 11.1 Å². The molecular weight excluding hydrogens is 585 g/mol. The molecule has 1 aromatic heterocycles. The number of hydrogen-bond acceptors (Lipinski definition) is 6. The molecule has 0 bridgehead atoms. The molecule has 1 fully saturated rings. The van der Waals surface area contributed by atoms with Crippen LogP contribution in [0.15, 0.2) is 72.2 Å². The Hall–Kier alpha value is -3.25. The fourth-order valence-electron chi connectivity index (χ4n) is 6.35. The van der Waals surface area contributed by atoms with Crippen molar-refractivity contribution in [2.45, 2.75) is 31.8 Å². The highest BCUT2D eigenvalue weighted by Gasteiger charge is 2.36. The molecule has 4 aromatic rings. The number of thiazole rings is 1. The SMILES string of the molecule is N#Cc1cccc(-c2ccc3c(c2)CCN(CC(=O)Nc2cc(Cl)cc(Cl)c2)C3C2CCN(Cc3nccs3)CC2)c1. The summed E-state index contributed by atoms with van der Waals surface area (Å²) in [5.74, 6) is 0.353. The third kappa shape index (κ3) is 6.70. The van der Waals surface area contributed by atoms with Crippen molar-refractivity contribution in [3.63, 3.8) is 0 Å². The molecule has 2 aliphatic rings. The first kappa shape index (κ1) is 28.9. The smallest absolute Gasteiger partial charge is 0.238 e. The predicted molar refractivity (Wildman–Crippen MR) is 170 cm³/mol. The van der Waals surface area contributed by atoms with Gasteiger partial charge in [0, 0.05) is 39.9 Å². The van der Waals surface area contributed by atoms with Gasteiger partial charge in [-0.05, 0) is 90.9 Å². The van der Waals surface area contributed by atoms with Crippen molar-refractivity contribution < 1.29 is 4.79 Å². The van der Waals surface area contributed by atoms with Gasteiger partial charge in [0.25, 0.3) is 0 Å². The van der Waals surface area contributed by atoms with Crippen LogP contribution < -0.4 is 5.32 Å². The summed E-state index contributed by atoms with van der Waals surface area (Å²) in [5.41, 5.74) is 6.05. The minimum absolute atomic E-state index is 0.0760. The number of likely N-dealkylation sites (tertiary alicyclic amines) is 1.